The molecule has 1 fully saturated rings. The Morgan fingerprint density at radius 1 is 1.18 bits per heavy atom. The first-order chi connectivity index (χ1) is 19.1. The molecule has 0 radical (unpaired) electrons. The van der Waals surface area contributed by atoms with Crippen molar-refractivity contribution in [3.63, 3.8) is 0 Å². The van der Waals surface area contributed by atoms with E-state index in [9.17, 15) is 27.9 Å². The van der Waals surface area contributed by atoms with Crippen LogP contribution in [-0.4, -0.2) is 61.5 Å². The van der Waals surface area contributed by atoms with Crippen molar-refractivity contribution in [2.75, 3.05) is 49.7 Å². The van der Waals surface area contributed by atoms with Crippen LogP contribution in [0.4, 0.5) is 24.5 Å². The molecule has 2 aliphatic rings. The second kappa shape index (κ2) is 10.9. The van der Waals surface area contributed by atoms with Crippen LogP contribution in [0.25, 0.3) is 16.8 Å². The van der Waals surface area contributed by atoms with E-state index in [1.54, 1.807) is 23.1 Å². The molecular weight excluding hydrogens is 525 g/mol. The molecule has 0 aliphatic carbocycles. The van der Waals surface area contributed by atoms with Crippen LogP contribution in [0.2, 0.25) is 0 Å². The van der Waals surface area contributed by atoms with Crippen LogP contribution in [0.15, 0.2) is 53.5 Å². The maximum atomic E-state index is 14.3. The number of β-amino-alcohol motifs (C(OH)–C–C–N with tert-alkyl or cyclic N) is 1. The number of nitrogens with one attached hydrogen (secondary N) is 1. The zero-order chi connectivity index (χ0) is 28.6. The number of aliphatic hydroxyl groups excluding tert-OH is 1. The minimum atomic E-state index is -4.71. The number of benzene rings is 2. The highest BCUT2D eigenvalue weighted by molar-refractivity contribution is 5.77. The van der Waals surface area contributed by atoms with Gasteiger partial charge in [-0.2, -0.15) is 13.2 Å². The number of fused-ring (bicyclic) bond motifs is 1. The summed E-state index contributed by atoms with van der Waals surface area (Å²) in [6.45, 7) is 2.89. The second-order valence-corrected chi connectivity index (χ2v) is 10.1. The summed E-state index contributed by atoms with van der Waals surface area (Å²) in [6, 6.07) is 10.9. The molecule has 1 atom stereocenters. The van der Waals surface area contributed by atoms with Gasteiger partial charge in [-0.15, -0.1) is 0 Å². The molecule has 1 unspecified atom stereocenters. The average molecular weight is 557 g/mol. The fourth-order valence-electron chi connectivity index (χ4n) is 5.69. The van der Waals surface area contributed by atoms with Gasteiger partial charge in [-0.3, -0.25) is 14.2 Å². The zero-order valence-electron chi connectivity index (χ0n) is 22.3. The normalized spacial score (nSPS) is 16.8. The summed E-state index contributed by atoms with van der Waals surface area (Å²) in [5.74, 6) is 0.414. The fourth-order valence-corrected chi connectivity index (χ4v) is 5.69. The van der Waals surface area contributed by atoms with Crippen molar-refractivity contribution >= 4 is 17.3 Å². The van der Waals surface area contributed by atoms with Crippen molar-refractivity contribution in [1.82, 2.24) is 9.88 Å². The van der Waals surface area contributed by atoms with Gasteiger partial charge in [0.25, 0.3) is 5.56 Å². The molecule has 8 nitrogen and oxygen atoms in total. The third-order valence-electron chi connectivity index (χ3n) is 7.50. The number of anilines is 2. The van der Waals surface area contributed by atoms with Crippen LogP contribution in [0.5, 0.6) is 5.75 Å². The maximum Gasteiger partial charge on any atom is 0.418 e. The number of carbonyl (C=O) groups is 1. The van der Waals surface area contributed by atoms with Crippen LogP contribution in [0.1, 0.15) is 24.5 Å². The van der Waals surface area contributed by atoms with Crippen molar-refractivity contribution in [3.05, 3.63) is 70.1 Å². The Morgan fingerprint density at radius 3 is 2.67 bits per heavy atom. The number of nitrogens with zero attached hydrogens (tertiary/aromatic N) is 3. The van der Waals surface area contributed by atoms with Crippen LogP contribution >= 0.6 is 0 Å². The minimum absolute atomic E-state index is 0.113. The Balaban J connectivity index is 1.70. The van der Waals surface area contributed by atoms with Crippen molar-refractivity contribution < 1.29 is 27.8 Å². The quantitative estimate of drug-likeness (QED) is 0.463. The molecule has 212 valence electrons. The number of rotatable bonds is 7. The summed E-state index contributed by atoms with van der Waals surface area (Å²) in [7, 11) is 1.53. The van der Waals surface area contributed by atoms with Gasteiger partial charge in [0, 0.05) is 56.6 Å². The van der Waals surface area contributed by atoms with E-state index in [2.05, 4.69) is 5.32 Å². The number of carbonyl (C=O) groups excluding carboxylic acids is 1. The van der Waals surface area contributed by atoms with E-state index < -0.39 is 17.3 Å². The Kier molecular flexibility index (Phi) is 7.50. The number of halogens is 3. The molecule has 1 amide bonds. The van der Waals surface area contributed by atoms with Gasteiger partial charge >= 0.3 is 6.18 Å². The van der Waals surface area contributed by atoms with E-state index in [0.717, 1.165) is 16.2 Å². The van der Waals surface area contributed by atoms with Crippen LogP contribution in [0.3, 0.4) is 0 Å². The van der Waals surface area contributed by atoms with Crippen LogP contribution in [-0.2, 0) is 17.4 Å². The Bertz CT molecular complexity index is 1490. The van der Waals surface area contributed by atoms with Crippen molar-refractivity contribution in [2.45, 2.75) is 32.0 Å². The van der Waals surface area contributed by atoms with Gasteiger partial charge in [-0.05, 0) is 54.3 Å². The minimum Gasteiger partial charge on any atom is -0.497 e. The van der Waals surface area contributed by atoms with Gasteiger partial charge in [-0.25, -0.2) is 0 Å². The first-order valence-electron chi connectivity index (χ1n) is 13.1. The molecule has 2 aliphatic heterocycles. The fraction of sp³-hybridized carbons (Fsp3) is 0.379. The lowest BCUT2D eigenvalue weighted by atomic mass is 9.99. The number of aliphatic hydroxyl groups is 1. The van der Waals surface area contributed by atoms with E-state index in [1.165, 1.54) is 32.4 Å². The average Bonchev–Trinajstić information content (AvgIpc) is 3.56. The Hall–Kier alpha value is -3.99. The summed E-state index contributed by atoms with van der Waals surface area (Å²) in [4.78, 5) is 29.1. The molecule has 1 saturated heterocycles. The van der Waals surface area contributed by atoms with E-state index in [1.807, 2.05) is 11.0 Å². The second-order valence-electron chi connectivity index (χ2n) is 10.1. The van der Waals surface area contributed by atoms with E-state index in [0.29, 0.717) is 60.7 Å². The number of ether oxygens (including phenoxy) is 1. The number of alkyl halides is 3. The van der Waals surface area contributed by atoms with Crippen molar-refractivity contribution in [3.8, 4) is 22.6 Å². The van der Waals surface area contributed by atoms with Gasteiger partial charge in [0.2, 0.25) is 5.91 Å². The third kappa shape index (κ3) is 5.25. The standard InChI is InChI=1S/C29H31F3N4O4/c1-18(38)33-20-8-10-35(16-20)21-6-7-25(29(30,31)32)26(15-21)36-17-24(19-4-3-5-22(14-19)40-2)23-9-11-34(12-13-37)27(23)28(36)39/h3-7,14-15,17,20,37H,8-13,16H2,1-2H3,(H,33,38). The molecule has 2 N–H and O–H groups in total. The van der Waals surface area contributed by atoms with Gasteiger partial charge in [0.1, 0.15) is 11.4 Å². The summed E-state index contributed by atoms with van der Waals surface area (Å²) in [6.07, 6.45) is -2.05. The lowest BCUT2D eigenvalue weighted by Gasteiger charge is -2.24. The molecule has 2 aromatic carbocycles. The molecule has 3 heterocycles. The van der Waals surface area contributed by atoms with E-state index in [-0.39, 0.29) is 30.8 Å². The lowest BCUT2D eigenvalue weighted by Crippen LogP contribution is -2.35. The maximum absolute atomic E-state index is 14.3. The van der Waals surface area contributed by atoms with E-state index >= 15 is 0 Å². The molecule has 0 bridgehead atoms. The topological polar surface area (TPSA) is 87.0 Å². The molecule has 5 rings (SSSR count). The Labute approximate surface area is 229 Å². The summed E-state index contributed by atoms with van der Waals surface area (Å²) < 4.78 is 49.5. The highest BCUT2D eigenvalue weighted by Gasteiger charge is 2.36. The van der Waals surface area contributed by atoms with Gasteiger partial charge in [-0.1, -0.05) is 12.1 Å². The number of hydrogen-bond acceptors (Lipinski definition) is 6. The number of pyridine rings is 1. The van der Waals surface area contributed by atoms with Crippen molar-refractivity contribution in [2.24, 2.45) is 0 Å². The first-order valence-corrected chi connectivity index (χ1v) is 13.1. The number of methoxy groups -OCH3 is 1. The number of aromatic nitrogens is 1. The lowest BCUT2D eigenvalue weighted by molar-refractivity contribution is -0.137. The van der Waals surface area contributed by atoms with Crippen LogP contribution < -0.4 is 25.4 Å². The Morgan fingerprint density at radius 2 is 1.98 bits per heavy atom. The highest BCUT2D eigenvalue weighted by Crippen LogP contribution is 2.39. The van der Waals surface area contributed by atoms with Gasteiger partial charge in [0.15, 0.2) is 0 Å². The van der Waals surface area contributed by atoms with Crippen molar-refractivity contribution in [1.29, 1.82) is 0 Å². The zero-order valence-corrected chi connectivity index (χ0v) is 22.3. The largest absolute Gasteiger partial charge is 0.497 e. The predicted molar refractivity (Wildman–Crippen MR) is 146 cm³/mol. The molecular formula is C29H31F3N4O4. The van der Waals surface area contributed by atoms with Gasteiger partial charge < -0.3 is 25.0 Å². The number of amides is 1. The number of hydrogen-bond donors (Lipinski definition) is 2. The van der Waals surface area contributed by atoms with Crippen LogP contribution in [0, 0.1) is 0 Å². The third-order valence-corrected chi connectivity index (χ3v) is 7.50. The molecule has 1 aromatic heterocycles. The smallest absolute Gasteiger partial charge is 0.418 e. The molecule has 3 aromatic rings. The molecule has 40 heavy (non-hydrogen) atoms. The molecule has 0 spiro atoms. The summed E-state index contributed by atoms with van der Waals surface area (Å²) in [5, 5.41) is 12.5. The monoisotopic (exact) mass is 556 g/mol. The molecule has 0 saturated carbocycles. The van der Waals surface area contributed by atoms with E-state index in [4.69, 9.17) is 4.74 Å². The summed E-state index contributed by atoms with van der Waals surface area (Å²) in [5.41, 5.74) is 1.09. The SMILES string of the molecule is COc1cccc(-c2cn(-c3cc(N4CCC(NC(C)=O)C4)ccc3C(F)(F)F)c(=O)c3c2CCN3CCO)c1. The first kappa shape index (κ1) is 27.6. The summed E-state index contributed by atoms with van der Waals surface area (Å²) >= 11 is 0. The highest BCUT2D eigenvalue weighted by atomic mass is 19.4. The predicted octanol–water partition coefficient (Wildman–Crippen LogP) is 3.60. The van der Waals surface area contributed by atoms with Gasteiger partial charge in [0.05, 0.1) is 25.0 Å². The molecule has 11 heteroatoms.